The smallest absolute Gasteiger partial charge is 0.216 e. The molecule has 0 spiro atoms. The van der Waals surface area contributed by atoms with Crippen LogP contribution in [0, 0.1) is 0 Å². The summed E-state index contributed by atoms with van der Waals surface area (Å²) in [7, 11) is 0. The summed E-state index contributed by atoms with van der Waals surface area (Å²) >= 11 is 5.81. The van der Waals surface area contributed by atoms with Crippen molar-refractivity contribution in [1.29, 1.82) is 0 Å². The molecular formula is C7H14ClNO. The van der Waals surface area contributed by atoms with Gasteiger partial charge in [-0.1, -0.05) is 13.3 Å². The van der Waals surface area contributed by atoms with Crippen molar-refractivity contribution in [2.75, 3.05) is 6.54 Å². The van der Waals surface area contributed by atoms with E-state index in [9.17, 15) is 4.79 Å². The predicted molar refractivity (Wildman–Crippen MR) is 43.2 cm³/mol. The lowest BCUT2D eigenvalue weighted by molar-refractivity contribution is -0.118. The first kappa shape index (κ1) is 9.76. The highest BCUT2D eigenvalue weighted by molar-refractivity contribution is 6.20. The van der Waals surface area contributed by atoms with Gasteiger partial charge in [-0.05, 0) is 6.42 Å². The lowest BCUT2D eigenvalue weighted by atomic mass is 10.2. The Morgan fingerprint density at radius 3 is 2.70 bits per heavy atom. The highest BCUT2D eigenvalue weighted by Gasteiger charge is 2.01. The van der Waals surface area contributed by atoms with Gasteiger partial charge in [-0.25, -0.2) is 0 Å². The minimum Gasteiger partial charge on any atom is -0.355 e. The number of amides is 1. The lowest BCUT2D eigenvalue weighted by Gasteiger charge is -2.06. The van der Waals surface area contributed by atoms with Crippen molar-refractivity contribution in [3.63, 3.8) is 0 Å². The van der Waals surface area contributed by atoms with E-state index in [-0.39, 0.29) is 11.3 Å². The van der Waals surface area contributed by atoms with Crippen LogP contribution in [0.2, 0.25) is 0 Å². The van der Waals surface area contributed by atoms with Crippen LogP contribution in [0.15, 0.2) is 0 Å². The van der Waals surface area contributed by atoms with Gasteiger partial charge in [-0.3, -0.25) is 4.79 Å². The molecular weight excluding hydrogens is 150 g/mol. The Morgan fingerprint density at radius 1 is 1.70 bits per heavy atom. The number of nitrogens with one attached hydrogen (secondary N) is 1. The zero-order chi connectivity index (χ0) is 7.98. The molecule has 0 fully saturated rings. The zero-order valence-electron chi connectivity index (χ0n) is 6.48. The van der Waals surface area contributed by atoms with Gasteiger partial charge in [0.2, 0.25) is 5.91 Å². The Kier molecular flexibility index (Phi) is 5.40. The number of carbonyl (C=O) groups is 1. The van der Waals surface area contributed by atoms with Gasteiger partial charge in [0, 0.05) is 13.5 Å². The van der Waals surface area contributed by atoms with Crippen LogP contribution in [-0.4, -0.2) is 17.8 Å². The van der Waals surface area contributed by atoms with Crippen molar-refractivity contribution in [2.24, 2.45) is 0 Å². The van der Waals surface area contributed by atoms with Crippen LogP contribution >= 0.6 is 11.6 Å². The summed E-state index contributed by atoms with van der Waals surface area (Å²) in [6.45, 7) is 4.16. The molecule has 60 valence electrons. The van der Waals surface area contributed by atoms with E-state index in [4.69, 9.17) is 11.6 Å². The molecule has 0 aromatic heterocycles. The standard InChI is InChI=1S/C7H14ClNO/c1-3-4-7(8)5-9-6(2)10/h7H,3-5H2,1-2H3,(H,9,10). The van der Waals surface area contributed by atoms with Crippen LogP contribution < -0.4 is 5.32 Å². The van der Waals surface area contributed by atoms with Gasteiger partial charge in [0.15, 0.2) is 0 Å². The summed E-state index contributed by atoms with van der Waals surface area (Å²) < 4.78 is 0. The van der Waals surface area contributed by atoms with E-state index >= 15 is 0 Å². The molecule has 1 unspecified atom stereocenters. The van der Waals surface area contributed by atoms with Crippen LogP contribution in [0.3, 0.4) is 0 Å². The predicted octanol–water partition coefficient (Wildman–Crippen LogP) is 1.53. The molecule has 2 nitrogen and oxygen atoms in total. The molecule has 0 saturated heterocycles. The van der Waals surface area contributed by atoms with Crippen molar-refractivity contribution in [3.05, 3.63) is 0 Å². The lowest BCUT2D eigenvalue weighted by Crippen LogP contribution is -2.27. The molecule has 0 saturated carbocycles. The van der Waals surface area contributed by atoms with Crippen molar-refractivity contribution in [1.82, 2.24) is 5.32 Å². The third-order valence-corrected chi connectivity index (χ3v) is 1.55. The third kappa shape index (κ3) is 5.89. The van der Waals surface area contributed by atoms with Crippen LogP contribution in [0.5, 0.6) is 0 Å². The summed E-state index contributed by atoms with van der Waals surface area (Å²) in [5.41, 5.74) is 0. The molecule has 10 heavy (non-hydrogen) atoms. The number of hydrogen-bond acceptors (Lipinski definition) is 1. The second-order valence-electron chi connectivity index (χ2n) is 2.32. The highest BCUT2D eigenvalue weighted by atomic mass is 35.5. The monoisotopic (exact) mass is 163 g/mol. The first-order valence-corrected chi connectivity index (χ1v) is 3.99. The van der Waals surface area contributed by atoms with Crippen molar-refractivity contribution >= 4 is 17.5 Å². The van der Waals surface area contributed by atoms with E-state index in [1.807, 2.05) is 0 Å². The second kappa shape index (κ2) is 5.54. The van der Waals surface area contributed by atoms with Gasteiger partial charge in [-0.2, -0.15) is 0 Å². The van der Waals surface area contributed by atoms with Crippen LogP contribution in [0.1, 0.15) is 26.7 Å². The van der Waals surface area contributed by atoms with E-state index in [1.165, 1.54) is 6.92 Å². The Labute approximate surface area is 66.9 Å². The maximum atomic E-state index is 10.4. The topological polar surface area (TPSA) is 29.1 Å². The van der Waals surface area contributed by atoms with E-state index in [0.29, 0.717) is 6.54 Å². The van der Waals surface area contributed by atoms with Gasteiger partial charge in [0.25, 0.3) is 0 Å². The molecule has 1 atom stereocenters. The zero-order valence-corrected chi connectivity index (χ0v) is 7.24. The van der Waals surface area contributed by atoms with Gasteiger partial charge in [-0.15, -0.1) is 11.6 Å². The molecule has 0 aliphatic heterocycles. The van der Waals surface area contributed by atoms with Crippen molar-refractivity contribution < 1.29 is 4.79 Å². The van der Waals surface area contributed by atoms with Gasteiger partial charge in [0.05, 0.1) is 5.38 Å². The molecule has 0 radical (unpaired) electrons. The molecule has 1 N–H and O–H groups in total. The van der Waals surface area contributed by atoms with E-state index in [0.717, 1.165) is 12.8 Å². The summed E-state index contributed by atoms with van der Waals surface area (Å²) in [4.78, 5) is 10.4. The first-order chi connectivity index (χ1) is 4.66. The maximum absolute atomic E-state index is 10.4. The number of hydrogen-bond donors (Lipinski definition) is 1. The molecule has 0 aliphatic rings. The van der Waals surface area contributed by atoms with Crippen LogP contribution in [0.4, 0.5) is 0 Å². The van der Waals surface area contributed by atoms with E-state index < -0.39 is 0 Å². The molecule has 1 amide bonds. The number of rotatable bonds is 4. The summed E-state index contributed by atoms with van der Waals surface area (Å²) in [6.07, 6.45) is 2.02. The van der Waals surface area contributed by atoms with Crippen LogP contribution in [-0.2, 0) is 4.79 Å². The summed E-state index contributed by atoms with van der Waals surface area (Å²) in [5.74, 6) is -0.0123. The first-order valence-electron chi connectivity index (χ1n) is 3.55. The van der Waals surface area contributed by atoms with Gasteiger partial charge < -0.3 is 5.32 Å². The fraction of sp³-hybridized carbons (Fsp3) is 0.857. The Balaban J connectivity index is 3.21. The quantitative estimate of drug-likeness (QED) is 0.626. The van der Waals surface area contributed by atoms with E-state index in [2.05, 4.69) is 12.2 Å². The molecule has 0 rings (SSSR count). The SMILES string of the molecule is CCCC(Cl)CNC(C)=O. The van der Waals surface area contributed by atoms with Gasteiger partial charge in [0.1, 0.15) is 0 Å². The number of halogens is 1. The molecule has 0 aliphatic carbocycles. The molecule has 3 heteroatoms. The van der Waals surface area contributed by atoms with Crippen molar-refractivity contribution in [3.8, 4) is 0 Å². The summed E-state index contributed by atoms with van der Waals surface area (Å²) in [6, 6.07) is 0. The van der Waals surface area contributed by atoms with Gasteiger partial charge >= 0.3 is 0 Å². The number of carbonyl (C=O) groups excluding carboxylic acids is 1. The molecule has 0 heterocycles. The second-order valence-corrected chi connectivity index (χ2v) is 2.94. The van der Waals surface area contributed by atoms with E-state index in [1.54, 1.807) is 0 Å². The minimum absolute atomic E-state index is 0.0123. The maximum Gasteiger partial charge on any atom is 0.216 e. The van der Waals surface area contributed by atoms with Crippen LogP contribution in [0.25, 0.3) is 0 Å². The Bertz CT molecular complexity index is 106. The Hall–Kier alpha value is -0.240. The highest BCUT2D eigenvalue weighted by Crippen LogP contribution is 2.02. The summed E-state index contributed by atoms with van der Waals surface area (Å²) in [5, 5.41) is 2.75. The fourth-order valence-corrected chi connectivity index (χ4v) is 0.965. The van der Waals surface area contributed by atoms with Crippen molar-refractivity contribution in [2.45, 2.75) is 32.1 Å². The molecule has 0 aromatic carbocycles. The largest absolute Gasteiger partial charge is 0.355 e. The molecule has 0 bridgehead atoms. The third-order valence-electron chi connectivity index (χ3n) is 1.17. The Morgan fingerprint density at radius 2 is 2.30 bits per heavy atom. The molecule has 0 aromatic rings. The minimum atomic E-state index is -0.0123. The average Bonchev–Trinajstić information content (AvgIpc) is 1.85. The average molecular weight is 164 g/mol. The fourth-order valence-electron chi connectivity index (χ4n) is 0.670. The normalized spacial score (nSPS) is 12.7. The number of alkyl halides is 1.